The Labute approximate surface area is 199 Å². The van der Waals surface area contributed by atoms with Crippen LogP contribution in [-0.2, 0) is 4.74 Å². The van der Waals surface area contributed by atoms with E-state index in [4.69, 9.17) is 16.3 Å². The van der Waals surface area contributed by atoms with E-state index in [-0.39, 0.29) is 12.1 Å². The number of hydrogen-bond donors (Lipinski definition) is 3. The van der Waals surface area contributed by atoms with Gasteiger partial charge in [-0.15, -0.1) is 0 Å². The Bertz CT molecular complexity index is 977. The largest absolute Gasteiger partial charge is 0.444 e. The van der Waals surface area contributed by atoms with Crippen LogP contribution in [0.5, 0.6) is 0 Å². The average molecular weight is 475 g/mol. The third-order valence-corrected chi connectivity index (χ3v) is 5.19. The van der Waals surface area contributed by atoms with Crippen molar-refractivity contribution in [2.75, 3.05) is 29.9 Å². The number of halogens is 1. The lowest BCUT2D eigenvalue weighted by Crippen LogP contribution is -2.49. The summed E-state index contributed by atoms with van der Waals surface area (Å²) in [5.74, 6) is 0.452. The van der Waals surface area contributed by atoms with Crippen molar-refractivity contribution in [3.63, 3.8) is 0 Å². The number of piperidine rings is 1. The van der Waals surface area contributed by atoms with E-state index in [1.807, 2.05) is 39.8 Å². The number of hydrogen-bond acceptors (Lipinski definition) is 6. The highest BCUT2D eigenvalue weighted by atomic mass is 35.5. The van der Waals surface area contributed by atoms with Crippen molar-refractivity contribution < 1.29 is 14.3 Å². The predicted molar refractivity (Wildman–Crippen MR) is 130 cm³/mol. The minimum atomic E-state index is -0.546. The molecule has 0 aromatic carbocycles. The summed E-state index contributed by atoms with van der Waals surface area (Å²) in [6.45, 7) is 9.35. The highest BCUT2D eigenvalue weighted by Gasteiger charge is 2.26. The highest BCUT2D eigenvalue weighted by Crippen LogP contribution is 2.33. The monoisotopic (exact) mass is 474 g/mol. The van der Waals surface area contributed by atoms with E-state index in [2.05, 4.69) is 30.8 Å². The molecule has 0 bridgehead atoms. The van der Waals surface area contributed by atoms with E-state index >= 15 is 0 Å². The van der Waals surface area contributed by atoms with Gasteiger partial charge >= 0.3 is 12.1 Å². The molecule has 1 atom stereocenters. The van der Waals surface area contributed by atoms with Crippen LogP contribution in [0, 0.1) is 0 Å². The van der Waals surface area contributed by atoms with Crippen LogP contribution in [0.2, 0.25) is 5.15 Å². The second-order valence-electron chi connectivity index (χ2n) is 8.87. The molecule has 3 amide bonds. The zero-order chi connectivity index (χ0) is 24.0. The Morgan fingerprint density at radius 1 is 1.24 bits per heavy atom. The third kappa shape index (κ3) is 7.21. The van der Waals surface area contributed by atoms with Gasteiger partial charge in [0.25, 0.3) is 0 Å². The lowest BCUT2D eigenvalue weighted by Gasteiger charge is -2.36. The Kier molecular flexibility index (Phi) is 7.97. The van der Waals surface area contributed by atoms with E-state index in [9.17, 15) is 9.59 Å². The molecule has 9 nitrogen and oxygen atoms in total. The maximum atomic E-state index is 12.2. The molecule has 1 saturated heterocycles. The highest BCUT2D eigenvalue weighted by molar-refractivity contribution is 6.29. The van der Waals surface area contributed by atoms with E-state index < -0.39 is 11.7 Å². The van der Waals surface area contributed by atoms with E-state index in [0.29, 0.717) is 24.1 Å². The van der Waals surface area contributed by atoms with Gasteiger partial charge in [-0.1, -0.05) is 11.6 Å². The molecule has 1 fully saturated rings. The molecule has 3 N–H and O–H groups in total. The first-order chi connectivity index (χ1) is 15.6. The quantitative estimate of drug-likeness (QED) is 0.553. The molecule has 0 spiro atoms. The smallest absolute Gasteiger partial charge is 0.407 e. The minimum absolute atomic E-state index is 0.0461. The van der Waals surface area contributed by atoms with Crippen LogP contribution in [0.3, 0.4) is 0 Å². The summed E-state index contributed by atoms with van der Waals surface area (Å²) in [7, 11) is 0. The summed E-state index contributed by atoms with van der Waals surface area (Å²) < 4.78 is 5.41. The van der Waals surface area contributed by atoms with Crippen molar-refractivity contribution in [2.24, 2.45) is 0 Å². The summed E-state index contributed by atoms with van der Waals surface area (Å²) in [6, 6.07) is 5.10. The van der Waals surface area contributed by atoms with Crippen LogP contribution in [0.4, 0.5) is 21.1 Å². The second-order valence-corrected chi connectivity index (χ2v) is 9.26. The second kappa shape index (κ2) is 10.7. The molecule has 0 radical (unpaired) electrons. The molecule has 2 aromatic rings. The van der Waals surface area contributed by atoms with E-state index in [0.717, 1.165) is 36.2 Å². The van der Waals surface area contributed by atoms with Crippen molar-refractivity contribution in [2.45, 2.75) is 52.2 Å². The van der Waals surface area contributed by atoms with Crippen molar-refractivity contribution in [1.29, 1.82) is 0 Å². The van der Waals surface area contributed by atoms with E-state index in [1.165, 1.54) is 0 Å². The SMILES string of the molecule is CCNC(=O)Nc1ccc(-c2cnc(Cl)cc2N2CCC[C@H](NC(=O)OC(C)(C)C)C2)cn1. The van der Waals surface area contributed by atoms with Gasteiger partial charge in [0.2, 0.25) is 0 Å². The lowest BCUT2D eigenvalue weighted by molar-refractivity contribution is 0.0500. The number of nitrogens with zero attached hydrogens (tertiary/aromatic N) is 3. The first-order valence-corrected chi connectivity index (χ1v) is 11.4. The molecule has 0 saturated carbocycles. The van der Waals surface area contributed by atoms with Gasteiger partial charge < -0.3 is 20.3 Å². The van der Waals surface area contributed by atoms with Crippen molar-refractivity contribution in [3.05, 3.63) is 35.7 Å². The molecule has 33 heavy (non-hydrogen) atoms. The van der Waals surface area contributed by atoms with Crippen LogP contribution < -0.4 is 20.9 Å². The maximum Gasteiger partial charge on any atom is 0.407 e. The maximum absolute atomic E-state index is 12.2. The molecule has 1 aliphatic rings. The first-order valence-electron chi connectivity index (χ1n) is 11.1. The molecular formula is C23H31ClN6O3. The fourth-order valence-corrected chi connectivity index (χ4v) is 3.79. The number of alkyl carbamates (subject to hydrolysis) is 1. The van der Waals surface area contributed by atoms with Crippen LogP contribution >= 0.6 is 11.6 Å². The fraction of sp³-hybridized carbons (Fsp3) is 0.478. The number of pyridine rings is 2. The number of rotatable bonds is 5. The van der Waals surface area contributed by atoms with Gasteiger partial charge in [0, 0.05) is 54.9 Å². The Morgan fingerprint density at radius 3 is 2.70 bits per heavy atom. The van der Waals surface area contributed by atoms with Crippen LogP contribution in [0.25, 0.3) is 11.1 Å². The number of carbonyl (C=O) groups excluding carboxylic acids is 2. The zero-order valence-electron chi connectivity index (χ0n) is 19.4. The summed E-state index contributed by atoms with van der Waals surface area (Å²) in [5, 5.41) is 8.72. The summed E-state index contributed by atoms with van der Waals surface area (Å²) in [6.07, 6.45) is 4.77. The molecule has 3 heterocycles. The Balaban J connectivity index is 1.77. The average Bonchev–Trinajstić information content (AvgIpc) is 2.73. The molecule has 2 aromatic heterocycles. The number of ether oxygens (including phenoxy) is 1. The topological polar surface area (TPSA) is 108 Å². The Morgan fingerprint density at radius 2 is 2.03 bits per heavy atom. The molecule has 0 unspecified atom stereocenters. The van der Waals surface area contributed by atoms with Crippen molar-refractivity contribution in [1.82, 2.24) is 20.6 Å². The van der Waals surface area contributed by atoms with Crippen LogP contribution in [-0.4, -0.2) is 53.4 Å². The summed E-state index contributed by atoms with van der Waals surface area (Å²) >= 11 is 6.23. The Hall–Kier alpha value is -3.07. The first kappa shape index (κ1) is 24.6. The summed E-state index contributed by atoms with van der Waals surface area (Å²) in [4.78, 5) is 34.7. The predicted octanol–water partition coefficient (Wildman–Crippen LogP) is 4.43. The van der Waals surface area contributed by atoms with Crippen LogP contribution in [0.1, 0.15) is 40.5 Å². The number of urea groups is 1. The van der Waals surface area contributed by atoms with Gasteiger partial charge in [0.1, 0.15) is 16.6 Å². The van der Waals surface area contributed by atoms with Gasteiger partial charge in [-0.3, -0.25) is 5.32 Å². The fourth-order valence-electron chi connectivity index (χ4n) is 3.64. The number of amides is 3. The molecule has 0 aliphatic carbocycles. The number of anilines is 2. The van der Waals surface area contributed by atoms with Gasteiger partial charge in [0.15, 0.2) is 0 Å². The molecule has 3 rings (SSSR count). The van der Waals surface area contributed by atoms with Gasteiger partial charge in [-0.25, -0.2) is 19.6 Å². The third-order valence-electron chi connectivity index (χ3n) is 4.99. The van der Waals surface area contributed by atoms with Gasteiger partial charge in [-0.2, -0.15) is 0 Å². The van der Waals surface area contributed by atoms with Crippen molar-refractivity contribution in [3.8, 4) is 11.1 Å². The standard InChI is InChI=1S/C23H31ClN6O3/c1-5-25-21(31)29-20-9-8-15(12-27-20)17-13-26-19(24)11-18(17)30-10-6-7-16(14-30)28-22(32)33-23(2,3)4/h8-9,11-13,16H,5-7,10,14H2,1-4H3,(H,28,32)(H2,25,27,29,31)/t16-/m0/s1. The number of carbonyl (C=O) groups is 2. The van der Waals surface area contributed by atoms with E-state index in [1.54, 1.807) is 18.5 Å². The minimum Gasteiger partial charge on any atom is -0.444 e. The molecular weight excluding hydrogens is 444 g/mol. The van der Waals surface area contributed by atoms with Crippen LogP contribution in [0.15, 0.2) is 30.6 Å². The van der Waals surface area contributed by atoms with Crippen molar-refractivity contribution >= 4 is 35.2 Å². The van der Waals surface area contributed by atoms with Gasteiger partial charge in [-0.05, 0) is 58.7 Å². The summed E-state index contributed by atoms with van der Waals surface area (Å²) in [5.41, 5.74) is 2.08. The molecule has 178 valence electrons. The normalized spacial score (nSPS) is 16.2. The number of aromatic nitrogens is 2. The lowest BCUT2D eigenvalue weighted by atomic mass is 10.0. The molecule has 1 aliphatic heterocycles. The molecule has 10 heteroatoms. The zero-order valence-corrected chi connectivity index (χ0v) is 20.2. The van der Waals surface area contributed by atoms with Gasteiger partial charge in [0.05, 0.1) is 0 Å². The number of nitrogens with one attached hydrogen (secondary N) is 3.